The molecule has 0 aliphatic carbocycles. The summed E-state index contributed by atoms with van der Waals surface area (Å²) < 4.78 is 0. The highest BCUT2D eigenvalue weighted by Gasteiger charge is 2.36. The Kier molecular flexibility index (Phi) is 5.11. The summed E-state index contributed by atoms with van der Waals surface area (Å²) in [7, 11) is 0. The van der Waals surface area contributed by atoms with Gasteiger partial charge < -0.3 is 16.2 Å². The average molecular weight is 267 g/mol. The van der Waals surface area contributed by atoms with Crippen LogP contribution in [0.3, 0.4) is 0 Å². The lowest BCUT2D eigenvalue weighted by Gasteiger charge is -2.42. The summed E-state index contributed by atoms with van der Waals surface area (Å²) >= 11 is 0. The summed E-state index contributed by atoms with van der Waals surface area (Å²) in [6.07, 6.45) is 3.38. The first kappa shape index (κ1) is 15.7. The van der Waals surface area contributed by atoms with Gasteiger partial charge in [0.2, 0.25) is 0 Å². The predicted molar refractivity (Wildman–Crippen MR) is 76.2 cm³/mol. The molecule has 108 valence electrons. The van der Waals surface area contributed by atoms with Crippen molar-refractivity contribution >= 4 is 12.2 Å². The van der Waals surface area contributed by atoms with Crippen LogP contribution in [0.15, 0.2) is 11.8 Å². The molecular formula is C14H25N3O2. The number of aliphatic carboxylic acids is 1. The van der Waals surface area contributed by atoms with Gasteiger partial charge in [-0.25, -0.2) is 0 Å². The molecule has 1 saturated heterocycles. The van der Waals surface area contributed by atoms with Crippen LogP contribution < -0.4 is 5.73 Å². The summed E-state index contributed by atoms with van der Waals surface area (Å²) in [6.45, 7) is 8.39. The lowest BCUT2D eigenvalue weighted by molar-refractivity contribution is -0.145. The Morgan fingerprint density at radius 3 is 2.53 bits per heavy atom. The van der Waals surface area contributed by atoms with Crippen molar-refractivity contribution in [1.82, 2.24) is 4.90 Å². The van der Waals surface area contributed by atoms with Crippen molar-refractivity contribution in [2.75, 3.05) is 19.6 Å². The number of likely N-dealkylation sites (tertiary alicyclic amines) is 1. The van der Waals surface area contributed by atoms with Crippen LogP contribution in [-0.4, -0.2) is 41.8 Å². The number of rotatable bonds is 4. The Hall–Kier alpha value is -1.36. The van der Waals surface area contributed by atoms with Gasteiger partial charge in [0.15, 0.2) is 0 Å². The summed E-state index contributed by atoms with van der Waals surface area (Å²) in [5.41, 5.74) is 6.27. The van der Waals surface area contributed by atoms with Gasteiger partial charge in [-0.2, -0.15) is 0 Å². The molecule has 4 N–H and O–H groups in total. The van der Waals surface area contributed by atoms with Crippen molar-refractivity contribution in [3.8, 4) is 0 Å². The molecule has 1 aliphatic rings. The maximum absolute atomic E-state index is 11.3. The van der Waals surface area contributed by atoms with E-state index in [9.17, 15) is 9.90 Å². The third kappa shape index (κ3) is 4.35. The highest BCUT2D eigenvalue weighted by atomic mass is 16.4. The van der Waals surface area contributed by atoms with Crippen molar-refractivity contribution in [2.45, 2.75) is 27.2 Å². The molecule has 2 atom stereocenters. The predicted octanol–water partition coefficient (Wildman–Crippen LogP) is 1.55. The molecule has 0 saturated carbocycles. The Labute approximate surface area is 115 Å². The van der Waals surface area contributed by atoms with Crippen molar-refractivity contribution in [3.63, 3.8) is 0 Å². The van der Waals surface area contributed by atoms with Crippen LogP contribution in [0.1, 0.15) is 27.2 Å². The molecule has 1 fully saturated rings. The summed E-state index contributed by atoms with van der Waals surface area (Å²) in [5, 5.41) is 16.5. The van der Waals surface area contributed by atoms with E-state index in [1.807, 2.05) is 0 Å². The van der Waals surface area contributed by atoms with Gasteiger partial charge in [-0.1, -0.05) is 20.8 Å². The SMILES string of the molecule is CC(C)(C)[C@@H]1C[C@@H](C(=O)O)CN(C/C(C=N)=C/N)C1. The van der Waals surface area contributed by atoms with Gasteiger partial charge in [0.25, 0.3) is 0 Å². The van der Waals surface area contributed by atoms with E-state index in [4.69, 9.17) is 11.1 Å². The van der Waals surface area contributed by atoms with Crippen LogP contribution in [0, 0.1) is 22.7 Å². The number of piperidine rings is 1. The van der Waals surface area contributed by atoms with Crippen LogP contribution in [0.4, 0.5) is 0 Å². The highest BCUT2D eigenvalue weighted by Crippen LogP contribution is 2.35. The molecule has 0 spiro atoms. The smallest absolute Gasteiger partial charge is 0.307 e. The number of nitrogens with two attached hydrogens (primary N) is 1. The molecule has 1 heterocycles. The highest BCUT2D eigenvalue weighted by molar-refractivity contribution is 5.76. The van der Waals surface area contributed by atoms with Crippen molar-refractivity contribution in [2.24, 2.45) is 23.0 Å². The zero-order valence-corrected chi connectivity index (χ0v) is 12.0. The Morgan fingerprint density at radius 2 is 2.11 bits per heavy atom. The van der Waals surface area contributed by atoms with Gasteiger partial charge in [0.1, 0.15) is 0 Å². The molecule has 0 bridgehead atoms. The van der Waals surface area contributed by atoms with Crippen LogP contribution >= 0.6 is 0 Å². The quantitative estimate of drug-likeness (QED) is 0.674. The monoisotopic (exact) mass is 267 g/mol. The number of carboxylic acids is 1. The molecule has 1 aliphatic heterocycles. The van der Waals surface area contributed by atoms with E-state index >= 15 is 0 Å². The maximum atomic E-state index is 11.3. The van der Waals surface area contributed by atoms with Crippen molar-refractivity contribution < 1.29 is 9.90 Å². The standard InChI is InChI=1S/C14H25N3O2/c1-14(2,3)12-4-11(13(18)19)8-17(9-12)7-10(5-15)6-16/h5-6,11-12,15H,4,7-9,16H2,1-3H3,(H,18,19)/b10-6+,15-5?/t11-,12-/m1/s1. The van der Waals surface area contributed by atoms with Crippen molar-refractivity contribution in [1.29, 1.82) is 5.41 Å². The summed E-state index contributed by atoms with van der Waals surface area (Å²) in [4.78, 5) is 13.4. The number of nitrogens with one attached hydrogen (secondary N) is 1. The van der Waals surface area contributed by atoms with Gasteiger partial charge in [-0.05, 0) is 29.5 Å². The topological polar surface area (TPSA) is 90.4 Å². The van der Waals surface area contributed by atoms with E-state index in [1.165, 1.54) is 12.4 Å². The van der Waals surface area contributed by atoms with Gasteiger partial charge in [-0.3, -0.25) is 9.69 Å². The molecule has 1 rings (SSSR count). The Bertz CT molecular complexity index is 371. The zero-order valence-electron chi connectivity index (χ0n) is 12.0. The summed E-state index contributed by atoms with van der Waals surface area (Å²) in [6, 6.07) is 0. The van der Waals surface area contributed by atoms with Crippen LogP contribution in [0.5, 0.6) is 0 Å². The van der Waals surface area contributed by atoms with E-state index < -0.39 is 5.97 Å². The van der Waals surface area contributed by atoms with Crippen LogP contribution in [0.2, 0.25) is 0 Å². The number of hydrogen-bond donors (Lipinski definition) is 3. The third-order valence-corrected chi connectivity index (χ3v) is 3.91. The normalized spacial score (nSPS) is 26.2. The Morgan fingerprint density at radius 1 is 1.47 bits per heavy atom. The van der Waals surface area contributed by atoms with Crippen LogP contribution in [-0.2, 0) is 4.79 Å². The lowest BCUT2D eigenvalue weighted by Crippen LogP contribution is -2.47. The first-order valence-corrected chi connectivity index (χ1v) is 6.64. The molecule has 0 aromatic carbocycles. The molecule has 0 unspecified atom stereocenters. The fraction of sp³-hybridized carbons (Fsp3) is 0.714. The second-order valence-corrected chi connectivity index (χ2v) is 6.41. The lowest BCUT2D eigenvalue weighted by atomic mass is 9.73. The average Bonchev–Trinajstić information content (AvgIpc) is 2.34. The van der Waals surface area contributed by atoms with E-state index in [1.54, 1.807) is 0 Å². The van der Waals surface area contributed by atoms with Gasteiger partial charge in [-0.15, -0.1) is 0 Å². The molecule has 19 heavy (non-hydrogen) atoms. The number of carboxylic acid groups (broad SMARTS) is 1. The van der Waals surface area contributed by atoms with Gasteiger partial charge >= 0.3 is 5.97 Å². The minimum atomic E-state index is -0.730. The minimum Gasteiger partial charge on any atom is -0.481 e. The maximum Gasteiger partial charge on any atom is 0.307 e. The molecule has 0 radical (unpaired) electrons. The third-order valence-electron chi connectivity index (χ3n) is 3.91. The zero-order chi connectivity index (χ0) is 14.6. The fourth-order valence-electron chi connectivity index (χ4n) is 2.53. The molecule has 0 aromatic rings. The van der Waals surface area contributed by atoms with Gasteiger partial charge in [0.05, 0.1) is 5.92 Å². The molecule has 0 amide bonds. The van der Waals surface area contributed by atoms with E-state index in [0.717, 1.165) is 18.5 Å². The Balaban J connectivity index is 2.81. The van der Waals surface area contributed by atoms with E-state index in [0.29, 0.717) is 19.0 Å². The molecule has 0 aromatic heterocycles. The second-order valence-electron chi connectivity index (χ2n) is 6.41. The van der Waals surface area contributed by atoms with E-state index in [2.05, 4.69) is 25.7 Å². The van der Waals surface area contributed by atoms with Gasteiger partial charge in [0, 0.05) is 25.8 Å². The summed E-state index contributed by atoms with van der Waals surface area (Å²) in [5.74, 6) is -0.720. The first-order chi connectivity index (χ1) is 8.77. The number of nitrogens with zero attached hydrogens (tertiary/aromatic N) is 1. The first-order valence-electron chi connectivity index (χ1n) is 6.64. The molecule has 5 nitrogen and oxygen atoms in total. The number of hydrogen-bond acceptors (Lipinski definition) is 4. The largest absolute Gasteiger partial charge is 0.481 e. The molecular weight excluding hydrogens is 242 g/mol. The second kappa shape index (κ2) is 6.19. The van der Waals surface area contributed by atoms with Crippen LogP contribution in [0.25, 0.3) is 0 Å². The van der Waals surface area contributed by atoms with E-state index in [-0.39, 0.29) is 11.3 Å². The fourth-order valence-corrected chi connectivity index (χ4v) is 2.53. The van der Waals surface area contributed by atoms with Crippen molar-refractivity contribution in [3.05, 3.63) is 11.8 Å². The number of carbonyl (C=O) groups is 1. The minimum absolute atomic E-state index is 0.0869. The molecule has 5 heteroatoms.